The van der Waals surface area contributed by atoms with E-state index in [1.807, 2.05) is 0 Å². The van der Waals surface area contributed by atoms with Gasteiger partial charge in [0.15, 0.2) is 0 Å². The Labute approximate surface area is 157 Å². The van der Waals surface area contributed by atoms with Gasteiger partial charge in [0.25, 0.3) is 5.22 Å². The average Bonchev–Trinajstić information content (AvgIpc) is 3.03. The molecule has 1 aromatic heterocycles. The summed E-state index contributed by atoms with van der Waals surface area (Å²) in [5.74, 6) is -0.886. The molecule has 0 atom stereocenters. The van der Waals surface area contributed by atoms with Crippen LogP contribution >= 0.6 is 35.0 Å². The van der Waals surface area contributed by atoms with Crippen molar-refractivity contribution in [2.45, 2.75) is 5.22 Å². The Morgan fingerprint density at radius 2 is 1.92 bits per heavy atom. The van der Waals surface area contributed by atoms with Crippen LogP contribution in [0.2, 0.25) is 10.0 Å². The minimum atomic E-state index is -1.11. The van der Waals surface area contributed by atoms with E-state index in [0.29, 0.717) is 21.2 Å². The maximum atomic E-state index is 11.5. The predicted molar refractivity (Wildman–Crippen MR) is 97.7 cm³/mol. The molecule has 2 aromatic carbocycles. The van der Waals surface area contributed by atoms with Crippen LogP contribution in [0.1, 0.15) is 5.56 Å². The molecule has 5 nitrogen and oxygen atoms in total. The molecule has 0 saturated heterocycles. The first-order chi connectivity index (χ1) is 12.0. The van der Waals surface area contributed by atoms with Crippen LogP contribution in [0.4, 0.5) is 0 Å². The molecule has 0 unspecified atom stereocenters. The lowest BCUT2D eigenvalue weighted by Crippen LogP contribution is -1.96. The highest BCUT2D eigenvalue weighted by Gasteiger charge is 2.17. The summed E-state index contributed by atoms with van der Waals surface area (Å²) in [4.78, 5) is 11.5. The van der Waals surface area contributed by atoms with Gasteiger partial charge in [0, 0.05) is 5.02 Å². The van der Waals surface area contributed by atoms with E-state index in [-0.39, 0.29) is 16.0 Å². The van der Waals surface area contributed by atoms with Crippen molar-refractivity contribution in [2.75, 3.05) is 0 Å². The van der Waals surface area contributed by atoms with E-state index in [0.717, 1.165) is 11.8 Å². The van der Waals surface area contributed by atoms with E-state index in [1.165, 1.54) is 6.08 Å². The maximum absolute atomic E-state index is 11.5. The topological polar surface area (TPSA) is 76.2 Å². The zero-order valence-corrected chi connectivity index (χ0v) is 14.8. The summed E-state index contributed by atoms with van der Waals surface area (Å²) < 4.78 is 5.52. The minimum absolute atomic E-state index is 0.0247. The lowest BCUT2D eigenvalue weighted by atomic mass is 10.2. The van der Waals surface area contributed by atoms with Crippen LogP contribution < -0.4 is 0 Å². The van der Waals surface area contributed by atoms with E-state index in [1.54, 1.807) is 48.5 Å². The first kappa shape index (κ1) is 17.5. The summed E-state index contributed by atoms with van der Waals surface area (Å²) in [5, 5.41) is 18.3. The van der Waals surface area contributed by atoms with Crippen molar-refractivity contribution in [1.29, 1.82) is 0 Å². The third kappa shape index (κ3) is 4.42. The van der Waals surface area contributed by atoms with Gasteiger partial charge in [0.2, 0.25) is 5.89 Å². The second-order valence-electron chi connectivity index (χ2n) is 4.82. The fraction of sp³-hybridized carbons (Fsp3) is 0. The Kier molecular flexibility index (Phi) is 5.43. The monoisotopic (exact) mass is 392 g/mol. The molecule has 8 heteroatoms. The number of rotatable bonds is 5. The molecule has 0 amide bonds. The van der Waals surface area contributed by atoms with Crippen molar-refractivity contribution in [3.8, 4) is 11.5 Å². The second kappa shape index (κ2) is 7.74. The highest BCUT2D eigenvalue weighted by molar-refractivity contribution is 8.03. The number of carboxylic acid groups (broad SMARTS) is 1. The second-order valence-corrected chi connectivity index (χ2v) is 6.66. The SMILES string of the molecule is O=C(O)C(=Cc1cccc(Cl)c1)Sc1nnc(-c2ccccc2Cl)o1. The molecule has 0 aliphatic carbocycles. The van der Waals surface area contributed by atoms with Crippen molar-refractivity contribution in [3.05, 3.63) is 69.0 Å². The quantitative estimate of drug-likeness (QED) is 0.471. The standard InChI is InChI=1S/C17H10Cl2N2O3S/c18-11-5-3-4-10(8-11)9-14(16(22)23)25-17-21-20-15(24-17)12-6-1-2-7-13(12)19/h1-9H,(H,22,23). The summed E-state index contributed by atoms with van der Waals surface area (Å²) in [7, 11) is 0. The third-order valence-corrected chi connectivity index (χ3v) is 4.48. The number of aromatic nitrogens is 2. The summed E-state index contributed by atoms with van der Waals surface area (Å²) in [6, 6.07) is 13.9. The molecule has 25 heavy (non-hydrogen) atoms. The summed E-state index contributed by atoms with van der Waals surface area (Å²) in [6.07, 6.45) is 1.48. The molecule has 0 radical (unpaired) electrons. The van der Waals surface area contributed by atoms with Crippen molar-refractivity contribution in [1.82, 2.24) is 10.2 Å². The fourth-order valence-corrected chi connectivity index (χ4v) is 3.06. The third-order valence-electron chi connectivity index (χ3n) is 3.07. The van der Waals surface area contributed by atoms with Crippen molar-refractivity contribution in [3.63, 3.8) is 0 Å². The van der Waals surface area contributed by atoms with Gasteiger partial charge >= 0.3 is 5.97 Å². The molecular weight excluding hydrogens is 383 g/mol. The maximum Gasteiger partial charge on any atom is 0.342 e. The van der Waals surface area contributed by atoms with Crippen LogP contribution in [0, 0.1) is 0 Å². The lowest BCUT2D eigenvalue weighted by molar-refractivity contribution is -0.131. The Morgan fingerprint density at radius 3 is 2.64 bits per heavy atom. The Balaban J connectivity index is 1.87. The summed E-state index contributed by atoms with van der Waals surface area (Å²) in [6.45, 7) is 0. The van der Waals surface area contributed by atoms with Gasteiger partial charge in [-0.15, -0.1) is 10.2 Å². The average molecular weight is 393 g/mol. The van der Waals surface area contributed by atoms with Crippen LogP contribution in [0.15, 0.2) is 63.1 Å². The van der Waals surface area contributed by atoms with Gasteiger partial charge in [-0.25, -0.2) is 4.79 Å². The van der Waals surface area contributed by atoms with E-state index in [9.17, 15) is 9.90 Å². The Hall–Kier alpha value is -2.28. The van der Waals surface area contributed by atoms with Gasteiger partial charge in [-0.2, -0.15) is 0 Å². The lowest BCUT2D eigenvalue weighted by Gasteiger charge is -2.00. The Bertz CT molecular complexity index is 956. The smallest absolute Gasteiger partial charge is 0.342 e. The van der Waals surface area contributed by atoms with E-state index in [4.69, 9.17) is 27.6 Å². The molecule has 126 valence electrons. The van der Waals surface area contributed by atoms with Gasteiger partial charge in [-0.3, -0.25) is 0 Å². The van der Waals surface area contributed by atoms with Gasteiger partial charge in [-0.05, 0) is 47.7 Å². The number of carboxylic acids is 1. The number of hydrogen-bond acceptors (Lipinski definition) is 5. The number of halogens is 2. The van der Waals surface area contributed by atoms with Crippen LogP contribution in [0.25, 0.3) is 17.5 Å². The van der Waals surface area contributed by atoms with Crippen LogP contribution in [-0.4, -0.2) is 21.3 Å². The van der Waals surface area contributed by atoms with Crippen LogP contribution in [0.5, 0.6) is 0 Å². The van der Waals surface area contributed by atoms with E-state index < -0.39 is 5.97 Å². The molecule has 0 bridgehead atoms. The van der Waals surface area contributed by atoms with Crippen molar-refractivity contribution >= 4 is 47.0 Å². The molecule has 0 fully saturated rings. The van der Waals surface area contributed by atoms with Gasteiger partial charge < -0.3 is 9.52 Å². The molecule has 1 heterocycles. The van der Waals surface area contributed by atoms with E-state index in [2.05, 4.69) is 10.2 Å². The largest absolute Gasteiger partial charge is 0.477 e. The molecule has 3 aromatic rings. The van der Waals surface area contributed by atoms with Gasteiger partial charge in [-0.1, -0.05) is 47.5 Å². The zero-order valence-electron chi connectivity index (χ0n) is 12.5. The van der Waals surface area contributed by atoms with Crippen LogP contribution in [0.3, 0.4) is 0 Å². The van der Waals surface area contributed by atoms with Gasteiger partial charge in [0.05, 0.1) is 10.6 Å². The molecule has 0 aliphatic heterocycles. The normalized spacial score (nSPS) is 11.5. The molecule has 0 saturated carbocycles. The van der Waals surface area contributed by atoms with Crippen LogP contribution in [-0.2, 0) is 4.79 Å². The number of carbonyl (C=O) groups is 1. The molecule has 3 rings (SSSR count). The highest BCUT2D eigenvalue weighted by atomic mass is 35.5. The summed E-state index contributed by atoms with van der Waals surface area (Å²) in [5.41, 5.74) is 1.24. The molecular formula is C17H10Cl2N2O3S. The zero-order chi connectivity index (χ0) is 17.8. The first-order valence-corrected chi connectivity index (χ1v) is 8.57. The van der Waals surface area contributed by atoms with Gasteiger partial charge in [0.1, 0.15) is 4.91 Å². The number of benzene rings is 2. The summed E-state index contributed by atoms with van der Waals surface area (Å²) >= 11 is 12.9. The molecule has 0 spiro atoms. The number of nitrogens with zero attached hydrogens (tertiary/aromatic N) is 2. The van der Waals surface area contributed by atoms with Crippen molar-refractivity contribution < 1.29 is 14.3 Å². The van der Waals surface area contributed by atoms with Crippen molar-refractivity contribution in [2.24, 2.45) is 0 Å². The predicted octanol–water partition coefficient (Wildman–Crippen LogP) is 5.26. The highest BCUT2D eigenvalue weighted by Crippen LogP contribution is 2.32. The van der Waals surface area contributed by atoms with E-state index >= 15 is 0 Å². The number of aliphatic carboxylic acids is 1. The number of thioether (sulfide) groups is 1. The molecule has 0 aliphatic rings. The molecule has 1 N–H and O–H groups in total. The fourth-order valence-electron chi connectivity index (χ4n) is 1.97. The first-order valence-electron chi connectivity index (χ1n) is 7.00. The minimum Gasteiger partial charge on any atom is -0.477 e. The number of hydrogen-bond donors (Lipinski definition) is 1. The Morgan fingerprint density at radius 1 is 1.12 bits per heavy atom.